The number of benzene rings is 2. The summed E-state index contributed by atoms with van der Waals surface area (Å²) in [6, 6.07) is 17.6. The number of piperazine rings is 1. The number of methoxy groups -OCH3 is 1. The second-order valence-electron chi connectivity index (χ2n) is 7.96. The van der Waals surface area contributed by atoms with Gasteiger partial charge < -0.3 is 15.0 Å². The van der Waals surface area contributed by atoms with Crippen LogP contribution in [-0.4, -0.2) is 67.1 Å². The van der Waals surface area contributed by atoms with Crippen molar-refractivity contribution in [2.45, 2.75) is 18.9 Å². The number of aromatic nitrogens is 2. The van der Waals surface area contributed by atoms with Gasteiger partial charge in [0.25, 0.3) is 0 Å². The SMILES string of the molecule is COc1nn(-c2ccccc2)c2cc(N3CCN(C4CCNCC4)CC3)ccc12. The molecule has 1 N–H and O–H groups in total. The summed E-state index contributed by atoms with van der Waals surface area (Å²) in [5.41, 5.74) is 3.40. The van der Waals surface area contributed by atoms with Crippen LogP contribution >= 0.6 is 0 Å². The number of ether oxygens (including phenoxy) is 1. The molecule has 2 aromatic carbocycles. The first-order valence-electron chi connectivity index (χ1n) is 10.7. The first kappa shape index (κ1) is 18.5. The first-order valence-corrected chi connectivity index (χ1v) is 10.7. The van der Waals surface area contributed by atoms with Crippen LogP contribution in [0.25, 0.3) is 16.6 Å². The molecule has 0 aliphatic carbocycles. The van der Waals surface area contributed by atoms with Crippen molar-refractivity contribution in [2.24, 2.45) is 0 Å². The maximum absolute atomic E-state index is 5.54. The monoisotopic (exact) mass is 391 g/mol. The Labute approximate surface area is 172 Å². The largest absolute Gasteiger partial charge is 0.479 e. The van der Waals surface area contributed by atoms with Crippen molar-refractivity contribution in [1.82, 2.24) is 20.0 Å². The highest BCUT2D eigenvalue weighted by molar-refractivity contribution is 5.89. The van der Waals surface area contributed by atoms with Gasteiger partial charge in [-0.2, -0.15) is 0 Å². The maximum Gasteiger partial charge on any atom is 0.240 e. The third-order valence-electron chi connectivity index (χ3n) is 6.33. The standard InChI is InChI=1S/C23H29N5O/c1-29-23-21-8-7-20(17-22(21)28(25-23)19-5-3-2-4-6-19)27-15-13-26(14-16-27)18-9-11-24-12-10-18/h2-8,17-18,24H,9-16H2,1H3. The van der Waals surface area contributed by atoms with Gasteiger partial charge in [-0.1, -0.05) is 18.2 Å². The molecule has 6 heteroatoms. The molecule has 3 heterocycles. The number of nitrogens with one attached hydrogen (secondary N) is 1. The van der Waals surface area contributed by atoms with Crippen LogP contribution in [-0.2, 0) is 0 Å². The van der Waals surface area contributed by atoms with Gasteiger partial charge in [0.15, 0.2) is 0 Å². The van der Waals surface area contributed by atoms with E-state index in [0.29, 0.717) is 5.88 Å². The average Bonchev–Trinajstić information content (AvgIpc) is 3.18. The van der Waals surface area contributed by atoms with Crippen molar-refractivity contribution in [3.05, 3.63) is 48.5 Å². The zero-order valence-corrected chi connectivity index (χ0v) is 17.1. The van der Waals surface area contributed by atoms with E-state index < -0.39 is 0 Å². The molecule has 2 aliphatic heterocycles. The molecule has 3 aromatic rings. The first-order chi connectivity index (χ1) is 14.3. The minimum absolute atomic E-state index is 0.672. The van der Waals surface area contributed by atoms with Gasteiger partial charge >= 0.3 is 0 Å². The molecule has 2 aliphatic rings. The van der Waals surface area contributed by atoms with E-state index in [2.05, 4.69) is 45.4 Å². The van der Waals surface area contributed by atoms with Gasteiger partial charge in [0.1, 0.15) is 0 Å². The number of rotatable bonds is 4. The Morgan fingerprint density at radius 1 is 0.931 bits per heavy atom. The van der Waals surface area contributed by atoms with Gasteiger partial charge in [-0.15, -0.1) is 5.10 Å². The van der Waals surface area contributed by atoms with Crippen molar-refractivity contribution in [3.8, 4) is 11.6 Å². The summed E-state index contributed by atoms with van der Waals surface area (Å²) < 4.78 is 7.53. The fourth-order valence-corrected chi connectivity index (χ4v) is 4.71. The van der Waals surface area contributed by atoms with E-state index in [9.17, 15) is 0 Å². The molecule has 0 unspecified atom stereocenters. The van der Waals surface area contributed by atoms with E-state index in [1.54, 1.807) is 7.11 Å². The number of fused-ring (bicyclic) bond motifs is 1. The van der Waals surface area contributed by atoms with Crippen molar-refractivity contribution in [2.75, 3.05) is 51.3 Å². The fourth-order valence-electron chi connectivity index (χ4n) is 4.71. The lowest BCUT2D eigenvalue weighted by molar-refractivity contribution is 0.153. The quantitative estimate of drug-likeness (QED) is 0.741. The van der Waals surface area contributed by atoms with Crippen LogP contribution in [0.5, 0.6) is 5.88 Å². The lowest BCUT2D eigenvalue weighted by Crippen LogP contribution is -2.52. The summed E-state index contributed by atoms with van der Waals surface area (Å²) in [7, 11) is 1.69. The molecule has 152 valence electrons. The van der Waals surface area contributed by atoms with E-state index in [1.165, 1.54) is 18.5 Å². The van der Waals surface area contributed by atoms with Crippen LogP contribution in [0.15, 0.2) is 48.5 Å². The fraction of sp³-hybridized carbons (Fsp3) is 0.435. The molecule has 0 amide bonds. The van der Waals surface area contributed by atoms with Crippen LogP contribution in [0, 0.1) is 0 Å². The molecule has 1 aromatic heterocycles. The van der Waals surface area contributed by atoms with E-state index in [-0.39, 0.29) is 0 Å². The predicted octanol–water partition coefficient (Wildman–Crippen LogP) is 2.91. The number of nitrogens with zero attached hydrogens (tertiary/aromatic N) is 4. The van der Waals surface area contributed by atoms with Crippen LogP contribution < -0.4 is 15.0 Å². The van der Waals surface area contributed by atoms with Crippen molar-refractivity contribution < 1.29 is 4.74 Å². The maximum atomic E-state index is 5.54. The van der Waals surface area contributed by atoms with Crippen LogP contribution in [0.1, 0.15) is 12.8 Å². The second kappa shape index (κ2) is 8.05. The Kier molecular flexibility index (Phi) is 5.12. The molecule has 0 spiro atoms. The minimum atomic E-state index is 0.672. The highest BCUT2D eigenvalue weighted by Gasteiger charge is 2.25. The normalized spacial score (nSPS) is 19.0. The smallest absolute Gasteiger partial charge is 0.240 e. The van der Waals surface area contributed by atoms with Crippen molar-refractivity contribution in [3.63, 3.8) is 0 Å². The molecule has 2 saturated heterocycles. The molecule has 29 heavy (non-hydrogen) atoms. The summed E-state index contributed by atoms with van der Waals surface area (Å²) >= 11 is 0. The molecular formula is C23H29N5O. The molecule has 0 radical (unpaired) electrons. The van der Waals surface area contributed by atoms with Gasteiger partial charge in [-0.25, -0.2) is 4.68 Å². The van der Waals surface area contributed by atoms with Gasteiger partial charge in [0.2, 0.25) is 5.88 Å². The van der Waals surface area contributed by atoms with Crippen molar-refractivity contribution >= 4 is 16.6 Å². The topological polar surface area (TPSA) is 45.6 Å². The highest BCUT2D eigenvalue weighted by Crippen LogP contribution is 2.31. The summed E-state index contributed by atoms with van der Waals surface area (Å²) in [6.45, 7) is 6.76. The molecule has 5 rings (SSSR count). The lowest BCUT2D eigenvalue weighted by atomic mass is 10.0. The summed E-state index contributed by atoms with van der Waals surface area (Å²) in [4.78, 5) is 5.19. The number of piperidine rings is 1. The zero-order chi connectivity index (χ0) is 19.6. The van der Waals surface area contributed by atoms with Gasteiger partial charge in [-0.3, -0.25) is 4.90 Å². The zero-order valence-electron chi connectivity index (χ0n) is 17.1. The summed E-state index contributed by atoms with van der Waals surface area (Å²) in [5, 5.41) is 9.22. The minimum Gasteiger partial charge on any atom is -0.479 e. The predicted molar refractivity (Wildman–Crippen MR) is 117 cm³/mol. The highest BCUT2D eigenvalue weighted by atomic mass is 16.5. The van der Waals surface area contributed by atoms with Crippen LogP contribution in [0.2, 0.25) is 0 Å². The van der Waals surface area contributed by atoms with Gasteiger partial charge in [0, 0.05) is 37.9 Å². The summed E-state index contributed by atoms with van der Waals surface area (Å²) in [5.74, 6) is 0.672. The Morgan fingerprint density at radius 2 is 1.69 bits per heavy atom. The number of hydrogen-bond acceptors (Lipinski definition) is 5. The molecule has 0 bridgehead atoms. The molecule has 0 atom stereocenters. The molecule has 0 saturated carbocycles. The summed E-state index contributed by atoms with van der Waals surface area (Å²) in [6.07, 6.45) is 2.56. The third-order valence-corrected chi connectivity index (χ3v) is 6.33. The van der Waals surface area contributed by atoms with Gasteiger partial charge in [-0.05, 0) is 56.3 Å². The second-order valence-corrected chi connectivity index (χ2v) is 7.96. The lowest BCUT2D eigenvalue weighted by Gasteiger charge is -2.41. The molecular weight excluding hydrogens is 362 g/mol. The number of para-hydroxylation sites is 1. The van der Waals surface area contributed by atoms with E-state index in [0.717, 1.165) is 61.9 Å². The van der Waals surface area contributed by atoms with E-state index >= 15 is 0 Å². The number of anilines is 1. The number of hydrogen-bond donors (Lipinski definition) is 1. The van der Waals surface area contributed by atoms with E-state index in [1.807, 2.05) is 22.9 Å². The Bertz CT molecular complexity index is 956. The Balaban J connectivity index is 1.40. The molecule has 6 nitrogen and oxygen atoms in total. The Hall–Kier alpha value is -2.57. The van der Waals surface area contributed by atoms with Crippen molar-refractivity contribution in [1.29, 1.82) is 0 Å². The Morgan fingerprint density at radius 3 is 2.41 bits per heavy atom. The third kappa shape index (κ3) is 3.58. The van der Waals surface area contributed by atoms with Crippen LogP contribution in [0.4, 0.5) is 5.69 Å². The molecule has 2 fully saturated rings. The average molecular weight is 392 g/mol. The van der Waals surface area contributed by atoms with Gasteiger partial charge in [0.05, 0.1) is 23.7 Å². The van der Waals surface area contributed by atoms with Crippen LogP contribution in [0.3, 0.4) is 0 Å². The van der Waals surface area contributed by atoms with E-state index in [4.69, 9.17) is 9.84 Å².